The van der Waals surface area contributed by atoms with Crippen molar-refractivity contribution in [3.8, 4) is 0 Å². The number of hydrogen-bond acceptors (Lipinski definition) is 5. The van der Waals surface area contributed by atoms with Crippen molar-refractivity contribution in [1.82, 2.24) is 0 Å². The summed E-state index contributed by atoms with van der Waals surface area (Å²) in [5.74, 6) is 0. The lowest BCUT2D eigenvalue weighted by Crippen LogP contribution is -2.64. The molecule has 6 heteroatoms. The number of aliphatic hydroxyl groups is 1. The molecule has 2 atom stereocenters. The van der Waals surface area contributed by atoms with Gasteiger partial charge in [-0.2, -0.15) is 0 Å². The van der Waals surface area contributed by atoms with E-state index < -0.39 is 8.56 Å². The average molecular weight is 306 g/mol. The first-order valence-electron chi connectivity index (χ1n) is 7.51. The number of hydrogen-bond donors (Lipinski definition) is 1. The maximum Gasteiger partial charge on any atom is 0.370 e. The molecule has 0 aliphatic carbocycles. The van der Waals surface area contributed by atoms with Crippen LogP contribution < -0.4 is 0 Å². The summed E-state index contributed by atoms with van der Waals surface area (Å²) in [4.78, 5) is 0. The molecule has 2 unspecified atom stereocenters. The van der Waals surface area contributed by atoms with Gasteiger partial charge in [0.15, 0.2) is 0 Å². The fourth-order valence-corrected chi connectivity index (χ4v) is 7.09. The monoisotopic (exact) mass is 306 g/mol. The lowest BCUT2D eigenvalue weighted by atomic mass is 10.1. The standard InChI is InChI=1S/C11H24O3Si.C3H6O2/c1-5-8-11(12-2)9-6-7-10-15(11,13-3)14-4;4-1-3-2-5-3/h5-10H2,1-4H3;3-4H,1-2H2. The number of epoxide rings is 1. The second-order valence-corrected chi connectivity index (χ2v) is 9.19. The molecule has 2 saturated heterocycles. The van der Waals surface area contributed by atoms with Crippen molar-refractivity contribution >= 4 is 8.56 Å². The van der Waals surface area contributed by atoms with Gasteiger partial charge in [0.25, 0.3) is 0 Å². The summed E-state index contributed by atoms with van der Waals surface area (Å²) < 4.78 is 22.0. The molecular formula is C14H30O5Si. The Morgan fingerprint density at radius 3 is 2.25 bits per heavy atom. The zero-order valence-electron chi connectivity index (χ0n) is 13.3. The predicted octanol–water partition coefficient (Wildman–Crippen LogP) is 2.01. The summed E-state index contributed by atoms with van der Waals surface area (Å²) in [6, 6.07) is 1.06. The Balaban J connectivity index is 0.000000333. The average Bonchev–Trinajstić information content (AvgIpc) is 3.33. The molecule has 5 nitrogen and oxygen atoms in total. The van der Waals surface area contributed by atoms with E-state index >= 15 is 0 Å². The van der Waals surface area contributed by atoms with Crippen LogP contribution in [0.1, 0.15) is 39.0 Å². The van der Waals surface area contributed by atoms with Crippen LogP contribution in [0.2, 0.25) is 6.04 Å². The third-order valence-electron chi connectivity index (χ3n) is 4.34. The van der Waals surface area contributed by atoms with E-state index in [-0.39, 0.29) is 17.9 Å². The van der Waals surface area contributed by atoms with Crippen molar-refractivity contribution in [2.75, 3.05) is 34.5 Å². The quantitative estimate of drug-likeness (QED) is 0.601. The van der Waals surface area contributed by atoms with E-state index in [1.54, 1.807) is 21.3 Å². The molecule has 0 saturated carbocycles. The Bertz CT molecular complexity index is 264. The lowest BCUT2D eigenvalue weighted by molar-refractivity contribution is -0.0149. The SMILES string of the molecule is CCCC1(OC)CCCC[Si]1(OC)OC.OCC1CO1. The summed E-state index contributed by atoms with van der Waals surface area (Å²) in [7, 11) is 3.22. The van der Waals surface area contributed by atoms with Gasteiger partial charge in [-0.05, 0) is 18.9 Å². The predicted molar refractivity (Wildman–Crippen MR) is 79.9 cm³/mol. The van der Waals surface area contributed by atoms with Gasteiger partial charge < -0.3 is 23.4 Å². The zero-order valence-corrected chi connectivity index (χ0v) is 14.3. The van der Waals surface area contributed by atoms with Crippen molar-refractivity contribution in [3.63, 3.8) is 0 Å². The second kappa shape index (κ2) is 8.46. The Hall–Kier alpha value is 0.0169. The number of aliphatic hydroxyl groups excluding tert-OH is 1. The molecule has 0 bridgehead atoms. The molecule has 0 aromatic heterocycles. The smallest absolute Gasteiger partial charge is 0.370 e. The normalized spacial score (nSPS) is 31.4. The molecule has 0 aromatic rings. The molecule has 2 fully saturated rings. The van der Waals surface area contributed by atoms with Gasteiger partial charge in [0, 0.05) is 21.3 Å². The fraction of sp³-hybridized carbons (Fsp3) is 1.00. The highest BCUT2D eigenvalue weighted by Gasteiger charge is 2.58. The van der Waals surface area contributed by atoms with E-state index in [1.807, 2.05) is 0 Å². The summed E-state index contributed by atoms with van der Waals surface area (Å²) in [5.41, 5.74) is 0. The largest absolute Gasteiger partial charge is 0.396 e. The summed E-state index contributed by atoms with van der Waals surface area (Å²) in [5, 5.41) is 7.96. The van der Waals surface area contributed by atoms with Crippen LogP contribution in [-0.4, -0.2) is 59.5 Å². The third kappa shape index (κ3) is 4.02. The fourth-order valence-electron chi connectivity index (χ4n) is 3.10. The molecule has 2 aliphatic rings. The first-order chi connectivity index (χ1) is 9.63. The van der Waals surface area contributed by atoms with Crippen molar-refractivity contribution in [2.45, 2.75) is 56.4 Å². The van der Waals surface area contributed by atoms with Crippen molar-refractivity contribution in [2.24, 2.45) is 0 Å². The lowest BCUT2D eigenvalue weighted by Gasteiger charge is -2.47. The summed E-state index contributed by atoms with van der Waals surface area (Å²) in [6.07, 6.45) is 5.89. The first-order valence-corrected chi connectivity index (χ1v) is 9.54. The Morgan fingerprint density at radius 1 is 1.25 bits per heavy atom. The van der Waals surface area contributed by atoms with Crippen LogP contribution in [0, 0.1) is 0 Å². The van der Waals surface area contributed by atoms with Gasteiger partial charge in [-0.25, -0.2) is 0 Å². The van der Waals surface area contributed by atoms with Crippen molar-refractivity contribution in [3.05, 3.63) is 0 Å². The highest BCUT2D eigenvalue weighted by atomic mass is 28.4. The third-order valence-corrected chi connectivity index (χ3v) is 8.76. The topological polar surface area (TPSA) is 60.5 Å². The van der Waals surface area contributed by atoms with Crippen LogP contribution >= 0.6 is 0 Å². The van der Waals surface area contributed by atoms with Crippen molar-refractivity contribution < 1.29 is 23.4 Å². The molecule has 0 aromatic carbocycles. The molecule has 2 rings (SSSR count). The van der Waals surface area contributed by atoms with Gasteiger partial charge in [0.05, 0.1) is 13.2 Å². The molecular weight excluding hydrogens is 276 g/mol. The van der Waals surface area contributed by atoms with Gasteiger partial charge in [-0.3, -0.25) is 0 Å². The second-order valence-electron chi connectivity index (χ2n) is 5.45. The Morgan fingerprint density at radius 2 is 1.90 bits per heavy atom. The van der Waals surface area contributed by atoms with Gasteiger partial charge in [0.2, 0.25) is 0 Å². The van der Waals surface area contributed by atoms with E-state index in [9.17, 15) is 0 Å². The van der Waals surface area contributed by atoms with Gasteiger partial charge in [-0.1, -0.05) is 26.2 Å². The van der Waals surface area contributed by atoms with E-state index in [4.69, 9.17) is 18.7 Å². The van der Waals surface area contributed by atoms with E-state index in [1.165, 1.54) is 12.8 Å². The van der Waals surface area contributed by atoms with E-state index in [0.717, 1.165) is 31.9 Å². The first kappa shape index (κ1) is 18.1. The molecule has 0 radical (unpaired) electrons. The maximum absolute atomic E-state index is 8.08. The maximum atomic E-state index is 8.08. The summed E-state index contributed by atoms with van der Waals surface area (Å²) in [6.45, 7) is 3.15. The highest BCUT2D eigenvalue weighted by Crippen LogP contribution is 2.42. The number of ether oxygens (including phenoxy) is 2. The van der Waals surface area contributed by atoms with Gasteiger partial charge in [-0.15, -0.1) is 0 Å². The molecule has 2 heterocycles. The number of methoxy groups -OCH3 is 1. The minimum atomic E-state index is -2.15. The van der Waals surface area contributed by atoms with E-state index in [2.05, 4.69) is 11.7 Å². The summed E-state index contributed by atoms with van der Waals surface area (Å²) >= 11 is 0. The Kier molecular flexibility index (Phi) is 7.64. The Labute approximate surface area is 123 Å². The molecule has 0 spiro atoms. The van der Waals surface area contributed by atoms with E-state index in [0.29, 0.717) is 0 Å². The van der Waals surface area contributed by atoms with Gasteiger partial charge >= 0.3 is 8.56 Å². The highest BCUT2D eigenvalue weighted by molar-refractivity contribution is 6.70. The molecule has 2 aliphatic heterocycles. The molecule has 20 heavy (non-hydrogen) atoms. The minimum absolute atomic E-state index is 0.122. The molecule has 0 amide bonds. The van der Waals surface area contributed by atoms with Crippen LogP contribution in [0.5, 0.6) is 0 Å². The van der Waals surface area contributed by atoms with Gasteiger partial charge in [0.1, 0.15) is 11.3 Å². The van der Waals surface area contributed by atoms with Crippen molar-refractivity contribution in [1.29, 1.82) is 0 Å². The van der Waals surface area contributed by atoms with Crippen LogP contribution in [0.15, 0.2) is 0 Å². The van der Waals surface area contributed by atoms with Crippen LogP contribution in [-0.2, 0) is 18.3 Å². The zero-order chi connectivity index (χ0) is 15.1. The minimum Gasteiger partial charge on any atom is -0.396 e. The van der Waals surface area contributed by atoms with Crippen LogP contribution in [0.4, 0.5) is 0 Å². The van der Waals surface area contributed by atoms with Crippen LogP contribution in [0.25, 0.3) is 0 Å². The molecule has 1 N–H and O–H groups in total. The molecule has 120 valence electrons. The number of rotatable bonds is 6. The van der Waals surface area contributed by atoms with Crippen LogP contribution in [0.3, 0.4) is 0 Å².